The Morgan fingerprint density at radius 1 is 0.840 bits per heavy atom. The van der Waals surface area contributed by atoms with Crippen LogP contribution in [0.4, 0.5) is 5.69 Å². The highest BCUT2D eigenvalue weighted by Gasteiger charge is 2.42. The van der Waals surface area contributed by atoms with Crippen molar-refractivity contribution in [1.82, 2.24) is 0 Å². The van der Waals surface area contributed by atoms with Crippen molar-refractivity contribution in [3.05, 3.63) is 60.0 Å². The zero-order valence-electron chi connectivity index (χ0n) is 11.7. The Kier molecular flexibility index (Phi) is 4.64. The average molecular weight is 439 g/mol. The van der Waals surface area contributed by atoms with Crippen LogP contribution in [0.3, 0.4) is 0 Å². The number of carbonyl (C=O) groups excluding carboxylic acids is 2. The van der Waals surface area contributed by atoms with Gasteiger partial charge in [-0.3, -0.25) is 9.59 Å². The summed E-state index contributed by atoms with van der Waals surface area (Å²) in [5.74, 6) is -2.92. The van der Waals surface area contributed by atoms with Gasteiger partial charge in [-0.2, -0.15) is 0 Å². The van der Waals surface area contributed by atoms with Crippen LogP contribution < -0.4 is 4.90 Å². The number of anilines is 1. The Balaban J connectivity index is 2.23. The second kappa shape index (κ2) is 6.34. The maximum Gasteiger partial charge on any atom is 0.337 e. The van der Waals surface area contributed by atoms with E-state index in [1.54, 1.807) is 0 Å². The molecule has 1 aliphatic rings. The average Bonchev–Trinajstić information content (AvgIpc) is 2.82. The molecule has 25 heavy (non-hydrogen) atoms. The first-order chi connectivity index (χ1) is 11.7. The van der Waals surface area contributed by atoms with Gasteiger partial charge in [-0.25, -0.2) is 9.69 Å². The Labute approximate surface area is 165 Å². The summed E-state index contributed by atoms with van der Waals surface area (Å²) in [7, 11) is 0. The Morgan fingerprint density at radius 3 is 1.76 bits per heavy atom. The Bertz CT molecular complexity index is 942. The van der Waals surface area contributed by atoms with E-state index < -0.39 is 17.8 Å². The van der Waals surface area contributed by atoms with Gasteiger partial charge in [0, 0.05) is 0 Å². The maximum absolute atomic E-state index is 12.7. The summed E-state index contributed by atoms with van der Waals surface area (Å²) in [4.78, 5) is 37.3. The number of nitrogens with zero attached hydrogens (tertiary/aromatic N) is 1. The maximum atomic E-state index is 12.7. The zero-order chi connectivity index (χ0) is 18.6. The topological polar surface area (TPSA) is 74.7 Å². The lowest BCUT2D eigenvalue weighted by Gasteiger charge is -2.15. The molecule has 0 aromatic heterocycles. The van der Waals surface area contributed by atoms with Crippen LogP contribution in [0.2, 0.25) is 25.1 Å². The van der Waals surface area contributed by atoms with Gasteiger partial charge in [-0.05, 0) is 18.2 Å². The van der Waals surface area contributed by atoms with Gasteiger partial charge >= 0.3 is 5.97 Å². The molecule has 3 rings (SSSR count). The zero-order valence-corrected chi connectivity index (χ0v) is 15.5. The Hall–Kier alpha value is -1.50. The number of fused-ring (bicyclic) bond motifs is 1. The molecule has 0 aliphatic carbocycles. The molecule has 1 heterocycles. The van der Waals surface area contributed by atoms with E-state index in [-0.39, 0.29) is 47.5 Å². The van der Waals surface area contributed by atoms with Crippen molar-refractivity contribution in [2.24, 2.45) is 0 Å². The molecular formula is C15H4Cl5NO4. The summed E-state index contributed by atoms with van der Waals surface area (Å²) in [6.45, 7) is 0. The highest BCUT2D eigenvalue weighted by molar-refractivity contribution is 6.56. The van der Waals surface area contributed by atoms with Gasteiger partial charge in [0.25, 0.3) is 11.8 Å². The van der Waals surface area contributed by atoms with E-state index >= 15 is 0 Å². The van der Waals surface area contributed by atoms with Gasteiger partial charge in [0.05, 0.1) is 47.5 Å². The normalized spacial score (nSPS) is 13.4. The standard InChI is InChI=1S/C15H4Cl5NO4/c16-6-2-1-4(3-5(6)15(24)25)21-13(22)7-8(14(21)23)10(18)12(20)11(19)9(7)17/h1-3H,(H,24,25). The fraction of sp³-hybridized carbons (Fsp3) is 0. The molecule has 0 saturated carbocycles. The number of hydrogen-bond acceptors (Lipinski definition) is 3. The lowest BCUT2D eigenvalue weighted by molar-refractivity contribution is 0.0696. The van der Waals surface area contributed by atoms with Crippen LogP contribution >= 0.6 is 58.0 Å². The SMILES string of the molecule is O=C(O)c1cc(N2C(=O)c3c(Cl)c(Cl)c(Cl)c(Cl)c3C2=O)ccc1Cl. The van der Waals surface area contributed by atoms with Gasteiger partial charge < -0.3 is 5.11 Å². The second-order valence-electron chi connectivity index (χ2n) is 4.92. The fourth-order valence-corrected chi connectivity index (χ4v) is 3.61. The highest BCUT2D eigenvalue weighted by atomic mass is 35.5. The molecule has 0 saturated heterocycles. The van der Waals surface area contributed by atoms with Crippen molar-refractivity contribution in [3.63, 3.8) is 0 Å². The van der Waals surface area contributed by atoms with Gasteiger partial charge in [0.15, 0.2) is 0 Å². The fourth-order valence-electron chi connectivity index (χ4n) is 2.40. The van der Waals surface area contributed by atoms with Gasteiger partial charge in [-0.15, -0.1) is 0 Å². The van der Waals surface area contributed by atoms with E-state index in [1.807, 2.05) is 0 Å². The summed E-state index contributed by atoms with van der Waals surface area (Å²) in [5, 5.41) is 8.37. The first kappa shape index (κ1) is 18.3. The second-order valence-corrected chi connectivity index (χ2v) is 6.84. The third-order valence-electron chi connectivity index (χ3n) is 3.54. The summed E-state index contributed by atoms with van der Waals surface area (Å²) >= 11 is 29.8. The van der Waals surface area contributed by atoms with Crippen LogP contribution in [-0.2, 0) is 0 Å². The van der Waals surface area contributed by atoms with Crippen LogP contribution in [0, 0.1) is 0 Å². The monoisotopic (exact) mass is 437 g/mol. The predicted molar refractivity (Wildman–Crippen MR) is 96.0 cm³/mol. The Morgan fingerprint density at radius 2 is 1.32 bits per heavy atom. The largest absolute Gasteiger partial charge is 0.478 e. The van der Waals surface area contributed by atoms with E-state index in [9.17, 15) is 14.4 Å². The van der Waals surface area contributed by atoms with Crippen molar-refractivity contribution < 1.29 is 19.5 Å². The number of hydrogen-bond donors (Lipinski definition) is 1. The number of rotatable bonds is 2. The molecule has 1 N–H and O–H groups in total. The van der Waals surface area contributed by atoms with Crippen molar-refractivity contribution in [2.45, 2.75) is 0 Å². The number of carboxylic acid groups (broad SMARTS) is 1. The van der Waals surface area contributed by atoms with E-state index in [0.29, 0.717) is 0 Å². The molecule has 10 heteroatoms. The molecule has 2 aromatic rings. The lowest BCUT2D eigenvalue weighted by atomic mass is 10.1. The molecule has 128 valence electrons. The first-order valence-corrected chi connectivity index (χ1v) is 8.33. The number of amides is 2. The van der Waals surface area contributed by atoms with Crippen LogP contribution in [-0.4, -0.2) is 22.9 Å². The van der Waals surface area contributed by atoms with Gasteiger partial charge in [-0.1, -0.05) is 58.0 Å². The molecule has 0 atom stereocenters. The van der Waals surface area contributed by atoms with Crippen molar-refractivity contribution >= 4 is 81.5 Å². The number of benzene rings is 2. The van der Waals surface area contributed by atoms with Crippen molar-refractivity contribution in [3.8, 4) is 0 Å². The summed E-state index contributed by atoms with van der Waals surface area (Å²) in [6, 6.07) is 3.67. The predicted octanol–water partition coefficient (Wildman–Crippen LogP) is 5.45. The summed E-state index contributed by atoms with van der Waals surface area (Å²) in [6.07, 6.45) is 0. The van der Waals surface area contributed by atoms with Gasteiger partial charge in [0.2, 0.25) is 0 Å². The van der Waals surface area contributed by atoms with E-state index in [1.165, 1.54) is 12.1 Å². The summed E-state index contributed by atoms with van der Waals surface area (Å²) < 4.78 is 0. The van der Waals surface area contributed by atoms with Crippen LogP contribution in [0.5, 0.6) is 0 Å². The third kappa shape index (κ3) is 2.67. The third-order valence-corrected chi connectivity index (χ3v) is 5.67. The molecule has 0 fully saturated rings. The van der Waals surface area contributed by atoms with Crippen LogP contribution in [0.15, 0.2) is 18.2 Å². The quantitative estimate of drug-likeness (QED) is 0.383. The van der Waals surface area contributed by atoms with Crippen LogP contribution in [0.25, 0.3) is 0 Å². The van der Waals surface area contributed by atoms with E-state index in [2.05, 4.69) is 0 Å². The van der Waals surface area contributed by atoms with Crippen molar-refractivity contribution in [1.29, 1.82) is 0 Å². The smallest absolute Gasteiger partial charge is 0.337 e. The molecule has 0 unspecified atom stereocenters. The molecule has 5 nitrogen and oxygen atoms in total. The van der Waals surface area contributed by atoms with E-state index in [4.69, 9.17) is 63.1 Å². The molecule has 0 radical (unpaired) electrons. The lowest BCUT2D eigenvalue weighted by Crippen LogP contribution is -2.29. The number of carbonyl (C=O) groups is 3. The molecule has 1 aliphatic heterocycles. The molecular weight excluding hydrogens is 435 g/mol. The molecule has 0 spiro atoms. The van der Waals surface area contributed by atoms with Crippen molar-refractivity contribution in [2.75, 3.05) is 4.90 Å². The number of carboxylic acids is 1. The highest BCUT2D eigenvalue weighted by Crippen LogP contribution is 2.45. The van der Waals surface area contributed by atoms with Crippen LogP contribution in [0.1, 0.15) is 31.1 Å². The molecule has 2 aromatic carbocycles. The number of imide groups is 1. The summed E-state index contributed by atoms with van der Waals surface area (Å²) in [5.41, 5.74) is -0.674. The molecule has 0 bridgehead atoms. The molecule has 2 amide bonds. The minimum atomic E-state index is -1.31. The van der Waals surface area contributed by atoms with E-state index in [0.717, 1.165) is 11.0 Å². The van der Waals surface area contributed by atoms with Gasteiger partial charge in [0.1, 0.15) is 0 Å². The number of halogens is 5. The first-order valence-electron chi connectivity index (χ1n) is 6.44. The number of aromatic carboxylic acids is 1. The minimum absolute atomic E-state index is 0.00706. The minimum Gasteiger partial charge on any atom is -0.478 e.